The molecule has 0 aromatic heterocycles. The van der Waals surface area contributed by atoms with Gasteiger partial charge in [-0.25, -0.2) is 8.42 Å². The Morgan fingerprint density at radius 3 is 2.52 bits per heavy atom. The second-order valence-electron chi connectivity index (χ2n) is 5.30. The van der Waals surface area contributed by atoms with Gasteiger partial charge in [0.2, 0.25) is 5.91 Å². The topological polar surface area (TPSA) is 75.7 Å². The number of amides is 1. The quantitative estimate of drug-likeness (QED) is 0.860. The molecular formula is C14H20N2O4S. The van der Waals surface area contributed by atoms with Crippen molar-refractivity contribution in [2.75, 3.05) is 25.7 Å². The summed E-state index contributed by atoms with van der Waals surface area (Å²) < 4.78 is 28.0. The molecule has 116 valence electrons. The zero-order valence-corrected chi connectivity index (χ0v) is 13.2. The lowest BCUT2D eigenvalue weighted by molar-refractivity contribution is -0.129. The van der Waals surface area contributed by atoms with Crippen LogP contribution in [0.25, 0.3) is 0 Å². The fourth-order valence-corrected chi connectivity index (χ4v) is 3.64. The molecule has 1 aliphatic rings. The highest BCUT2D eigenvalue weighted by atomic mass is 32.2. The standard InChI is InChI=1S/C14H20N2O4S/c1-10(9-21(3,18)19)16-13(17)8-15-14(16)11-4-6-12(20-2)7-5-11/h4-7,10,14-15H,8-9H2,1-3H3. The largest absolute Gasteiger partial charge is 0.497 e. The Morgan fingerprint density at radius 1 is 1.38 bits per heavy atom. The molecule has 0 saturated carbocycles. The first-order valence-corrected chi connectivity index (χ1v) is 8.74. The zero-order valence-electron chi connectivity index (χ0n) is 12.4. The summed E-state index contributed by atoms with van der Waals surface area (Å²) in [6.07, 6.45) is 0.875. The fourth-order valence-electron chi connectivity index (χ4n) is 2.60. The predicted molar refractivity (Wildman–Crippen MR) is 79.8 cm³/mol. The van der Waals surface area contributed by atoms with Gasteiger partial charge in [-0.2, -0.15) is 0 Å². The van der Waals surface area contributed by atoms with E-state index in [0.29, 0.717) is 0 Å². The predicted octanol–water partition coefficient (Wildman–Crippen LogP) is 0.559. The summed E-state index contributed by atoms with van der Waals surface area (Å²) in [6.45, 7) is 1.97. The number of hydrogen-bond donors (Lipinski definition) is 1. The molecule has 21 heavy (non-hydrogen) atoms. The van der Waals surface area contributed by atoms with Crippen molar-refractivity contribution in [3.63, 3.8) is 0 Å². The van der Waals surface area contributed by atoms with Crippen LogP contribution >= 0.6 is 0 Å². The van der Waals surface area contributed by atoms with Gasteiger partial charge in [-0.15, -0.1) is 0 Å². The normalized spacial score (nSPS) is 20.6. The van der Waals surface area contributed by atoms with Gasteiger partial charge in [0.05, 0.1) is 19.4 Å². The van der Waals surface area contributed by atoms with Crippen molar-refractivity contribution in [1.82, 2.24) is 10.2 Å². The van der Waals surface area contributed by atoms with Crippen LogP contribution in [0.1, 0.15) is 18.7 Å². The summed E-state index contributed by atoms with van der Waals surface area (Å²) in [6, 6.07) is 7.00. The van der Waals surface area contributed by atoms with Crippen LogP contribution in [0.3, 0.4) is 0 Å². The van der Waals surface area contributed by atoms with Crippen LogP contribution in [0.15, 0.2) is 24.3 Å². The van der Waals surface area contributed by atoms with Crippen LogP contribution in [-0.4, -0.2) is 50.9 Å². The molecule has 7 heteroatoms. The van der Waals surface area contributed by atoms with E-state index in [1.807, 2.05) is 24.3 Å². The highest BCUT2D eigenvalue weighted by molar-refractivity contribution is 7.90. The average molecular weight is 312 g/mol. The van der Waals surface area contributed by atoms with Crippen molar-refractivity contribution in [2.45, 2.75) is 19.1 Å². The first-order valence-electron chi connectivity index (χ1n) is 6.68. The summed E-state index contributed by atoms with van der Waals surface area (Å²) in [5.41, 5.74) is 0.905. The summed E-state index contributed by atoms with van der Waals surface area (Å²) in [7, 11) is -1.55. The van der Waals surface area contributed by atoms with E-state index in [9.17, 15) is 13.2 Å². The van der Waals surface area contributed by atoms with Crippen molar-refractivity contribution >= 4 is 15.7 Å². The van der Waals surface area contributed by atoms with Gasteiger partial charge in [0, 0.05) is 12.3 Å². The summed E-state index contributed by atoms with van der Waals surface area (Å²) in [5.74, 6) is 0.596. The number of benzene rings is 1. The molecule has 6 nitrogen and oxygen atoms in total. The summed E-state index contributed by atoms with van der Waals surface area (Å²) in [4.78, 5) is 13.7. The van der Waals surface area contributed by atoms with Crippen molar-refractivity contribution in [3.8, 4) is 5.75 Å². The van der Waals surface area contributed by atoms with Crippen molar-refractivity contribution < 1.29 is 17.9 Å². The van der Waals surface area contributed by atoms with Crippen molar-refractivity contribution in [3.05, 3.63) is 29.8 Å². The van der Waals surface area contributed by atoms with E-state index in [-0.39, 0.29) is 30.4 Å². The van der Waals surface area contributed by atoms with E-state index >= 15 is 0 Å². The maximum Gasteiger partial charge on any atom is 0.238 e. The smallest absolute Gasteiger partial charge is 0.238 e. The maximum atomic E-state index is 12.1. The molecule has 1 aromatic rings. The third-order valence-electron chi connectivity index (χ3n) is 3.46. The van der Waals surface area contributed by atoms with Gasteiger partial charge in [-0.1, -0.05) is 12.1 Å². The van der Waals surface area contributed by atoms with Crippen LogP contribution in [0, 0.1) is 0 Å². The van der Waals surface area contributed by atoms with Gasteiger partial charge < -0.3 is 9.64 Å². The number of carbonyl (C=O) groups excluding carboxylic acids is 1. The van der Waals surface area contributed by atoms with E-state index in [1.54, 1.807) is 18.9 Å². The third-order valence-corrected chi connectivity index (χ3v) is 4.55. The molecule has 1 amide bonds. The van der Waals surface area contributed by atoms with Gasteiger partial charge in [-0.3, -0.25) is 10.1 Å². The number of nitrogens with zero attached hydrogens (tertiary/aromatic N) is 1. The Balaban J connectivity index is 2.23. The molecule has 2 unspecified atom stereocenters. The van der Waals surface area contributed by atoms with Gasteiger partial charge in [0.25, 0.3) is 0 Å². The maximum absolute atomic E-state index is 12.1. The second-order valence-corrected chi connectivity index (χ2v) is 7.48. The minimum atomic E-state index is -3.14. The van der Waals surface area contributed by atoms with E-state index in [0.717, 1.165) is 11.3 Å². The van der Waals surface area contributed by atoms with Gasteiger partial charge in [0.15, 0.2) is 0 Å². The fraction of sp³-hybridized carbons (Fsp3) is 0.500. The van der Waals surface area contributed by atoms with E-state index in [4.69, 9.17) is 4.74 Å². The Morgan fingerprint density at radius 2 is 2.00 bits per heavy atom. The molecule has 0 radical (unpaired) electrons. The number of carbonyl (C=O) groups is 1. The first-order chi connectivity index (χ1) is 9.81. The van der Waals surface area contributed by atoms with Gasteiger partial charge >= 0.3 is 0 Å². The Bertz CT molecular complexity index is 612. The van der Waals surface area contributed by atoms with Crippen LogP contribution in [-0.2, 0) is 14.6 Å². The Kier molecular flexibility index (Phi) is 4.53. The Labute approximate surface area is 125 Å². The molecule has 2 atom stereocenters. The number of rotatable bonds is 5. The highest BCUT2D eigenvalue weighted by Crippen LogP contribution is 2.26. The lowest BCUT2D eigenvalue weighted by Crippen LogP contribution is -2.41. The number of hydrogen-bond acceptors (Lipinski definition) is 5. The molecule has 0 aliphatic carbocycles. The molecule has 1 aliphatic heterocycles. The molecular weight excluding hydrogens is 292 g/mol. The number of nitrogens with one attached hydrogen (secondary N) is 1. The molecule has 0 bridgehead atoms. The third kappa shape index (κ3) is 3.74. The molecule has 1 N–H and O–H groups in total. The van der Waals surface area contributed by atoms with Gasteiger partial charge in [0.1, 0.15) is 21.8 Å². The lowest BCUT2D eigenvalue weighted by atomic mass is 10.1. The minimum Gasteiger partial charge on any atom is -0.497 e. The first kappa shape index (κ1) is 15.8. The highest BCUT2D eigenvalue weighted by Gasteiger charge is 2.36. The molecule has 1 heterocycles. The average Bonchev–Trinajstić information content (AvgIpc) is 2.79. The molecule has 1 aromatic carbocycles. The van der Waals surface area contributed by atoms with E-state index < -0.39 is 9.84 Å². The van der Waals surface area contributed by atoms with E-state index in [2.05, 4.69) is 5.32 Å². The van der Waals surface area contributed by atoms with Crippen molar-refractivity contribution in [1.29, 1.82) is 0 Å². The monoisotopic (exact) mass is 312 g/mol. The summed E-state index contributed by atoms with van der Waals surface area (Å²) >= 11 is 0. The molecule has 2 rings (SSSR count). The molecule has 1 saturated heterocycles. The second kappa shape index (κ2) is 6.03. The van der Waals surface area contributed by atoms with Gasteiger partial charge in [-0.05, 0) is 24.6 Å². The minimum absolute atomic E-state index is 0.0485. The molecule has 0 spiro atoms. The van der Waals surface area contributed by atoms with Crippen molar-refractivity contribution in [2.24, 2.45) is 0 Å². The van der Waals surface area contributed by atoms with Crippen LogP contribution in [0.5, 0.6) is 5.75 Å². The lowest BCUT2D eigenvalue weighted by Gasteiger charge is -2.30. The van der Waals surface area contributed by atoms with Crippen LogP contribution in [0.4, 0.5) is 0 Å². The van der Waals surface area contributed by atoms with E-state index in [1.165, 1.54) is 6.26 Å². The van der Waals surface area contributed by atoms with Crippen LogP contribution in [0.2, 0.25) is 0 Å². The summed E-state index contributed by atoms with van der Waals surface area (Å²) in [5, 5.41) is 3.12. The Hall–Kier alpha value is -1.60. The molecule has 1 fully saturated rings. The SMILES string of the molecule is COc1ccc(C2NCC(=O)N2C(C)CS(C)(=O)=O)cc1. The van der Waals surface area contributed by atoms with Crippen LogP contribution < -0.4 is 10.1 Å². The number of ether oxygens (including phenoxy) is 1. The number of sulfone groups is 1. The number of methoxy groups -OCH3 is 1. The zero-order chi connectivity index (χ0) is 15.6.